The van der Waals surface area contributed by atoms with Crippen molar-refractivity contribution >= 4 is 0 Å². The van der Waals surface area contributed by atoms with Gasteiger partial charge in [-0.25, -0.2) is 0 Å². The minimum atomic E-state index is -0.475. The van der Waals surface area contributed by atoms with Crippen LogP contribution in [0.15, 0.2) is 170 Å². The molecule has 0 amide bonds. The first kappa shape index (κ1) is 33.5. The monoisotopic (exact) mass is 650 g/mol. The van der Waals surface area contributed by atoms with Gasteiger partial charge in [0.1, 0.15) is 37.1 Å². The van der Waals surface area contributed by atoms with E-state index < -0.39 is 5.41 Å². The second-order valence-corrected chi connectivity index (χ2v) is 11.5. The summed E-state index contributed by atoms with van der Waals surface area (Å²) >= 11 is 0. The maximum Gasteiger partial charge on any atom is 0.123 e. The van der Waals surface area contributed by atoms with E-state index in [2.05, 4.69) is 103 Å². The first-order valence-electron chi connectivity index (χ1n) is 16.8. The third-order valence-corrected chi connectivity index (χ3v) is 8.33. The lowest BCUT2D eigenvalue weighted by atomic mass is 9.65. The van der Waals surface area contributed by atoms with E-state index in [-0.39, 0.29) is 0 Å². The fourth-order valence-corrected chi connectivity index (χ4v) is 6.02. The van der Waals surface area contributed by atoms with Gasteiger partial charge in [-0.3, -0.25) is 0 Å². The first-order chi connectivity index (χ1) is 24.3. The van der Waals surface area contributed by atoms with E-state index >= 15 is 0 Å². The molecule has 0 aliphatic rings. The summed E-state index contributed by atoms with van der Waals surface area (Å²) in [5, 5.41) is 0. The summed E-state index contributed by atoms with van der Waals surface area (Å²) in [6, 6.07) is 58.3. The van der Waals surface area contributed by atoms with Gasteiger partial charge < -0.3 is 23.7 Å². The van der Waals surface area contributed by atoms with Gasteiger partial charge in [0.15, 0.2) is 0 Å². The van der Waals surface area contributed by atoms with Crippen molar-refractivity contribution in [2.75, 3.05) is 39.6 Å². The van der Waals surface area contributed by atoms with E-state index in [0.717, 1.165) is 22.8 Å². The highest BCUT2D eigenvalue weighted by molar-refractivity contribution is 5.60. The van der Waals surface area contributed by atoms with Crippen molar-refractivity contribution < 1.29 is 23.7 Å². The average Bonchev–Trinajstić information content (AvgIpc) is 3.17. The average molecular weight is 651 g/mol. The molecule has 0 radical (unpaired) electrons. The molecule has 6 rings (SSSR count). The van der Waals surface area contributed by atoms with E-state index in [1.54, 1.807) is 0 Å². The van der Waals surface area contributed by atoms with Crippen LogP contribution in [0.3, 0.4) is 0 Å². The zero-order valence-corrected chi connectivity index (χ0v) is 27.7. The Labute approximate surface area is 289 Å². The summed E-state index contributed by atoms with van der Waals surface area (Å²) in [5.74, 6) is 2.33. The van der Waals surface area contributed by atoms with Gasteiger partial charge in [-0.2, -0.15) is 0 Å². The van der Waals surface area contributed by atoms with Crippen molar-refractivity contribution in [2.24, 2.45) is 0 Å². The smallest absolute Gasteiger partial charge is 0.123 e. The first-order valence-corrected chi connectivity index (χ1v) is 16.8. The highest BCUT2D eigenvalue weighted by Gasteiger charge is 2.38. The van der Waals surface area contributed by atoms with E-state index in [4.69, 9.17) is 23.7 Å². The normalized spacial score (nSPS) is 11.2. The van der Waals surface area contributed by atoms with E-state index in [9.17, 15) is 0 Å². The molecule has 6 aromatic rings. The summed E-state index contributed by atoms with van der Waals surface area (Å²) in [7, 11) is 0. The maximum atomic E-state index is 6.04. The molecule has 0 bridgehead atoms. The fourth-order valence-electron chi connectivity index (χ4n) is 6.02. The van der Waals surface area contributed by atoms with Crippen LogP contribution < -0.4 is 14.2 Å². The van der Waals surface area contributed by atoms with Crippen LogP contribution in [-0.4, -0.2) is 39.6 Å². The van der Waals surface area contributed by atoms with Crippen LogP contribution >= 0.6 is 0 Å². The highest BCUT2D eigenvalue weighted by atomic mass is 16.6. The molecule has 5 nitrogen and oxygen atoms in total. The van der Waals surface area contributed by atoms with Crippen molar-refractivity contribution in [3.63, 3.8) is 0 Å². The summed E-state index contributed by atoms with van der Waals surface area (Å²) in [6.07, 6.45) is 0. The third kappa shape index (κ3) is 8.96. The van der Waals surface area contributed by atoms with Crippen LogP contribution in [0, 0.1) is 0 Å². The molecule has 0 spiro atoms. The van der Waals surface area contributed by atoms with E-state index in [1.807, 2.05) is 66.7 Å². The van der Waals surface area contributed by atoms with Crippen LogP contribution in [-0.2, 0) is 21.5 Å². The molecule has 0 N–H and O–H groups in total. The molecule has 0 aromatic heterocycles. The Hall–Kier alpha value is -5.36. The Bertz CT molecular complexity index is 1700. The van der Waals surface area contributed by atoms with Gasteiger partial charge in [0.05, 0.1) is 31.8 Å². The largest absolute Gasteiger partial charge is 0.491 e. The standard InChI is InChI=1S/C44H42O5/c1-5-14-36(15-6-1)35-49-43-23-13-22-42(34-43)48-33-31-46-29-28-45-30-32-47-41-26-24-40(25-27-41)44(37-16-7-2-8-17-37,38-18-9-3-10-19-38)39-20-11-4-12-21-39/h1-27,34H,28-33,35H2. The molecule has 0 aliphatic heterocycles. The molecule has 0 saturated heterocycles. The van der Waals surface area contributed by atoms with Gasteiger partial charge in [0, 0.05) is 6.07 Å². The minimum absolute atomic E-state index is 0.446. The quantitative estimate of drug-likeness (QED) is 0.0686. The molecule has 5 heteroatoms. The van der Waals surface area contributed by atoms with Crippen LogP contribution in [0.25, 0.3) is 0 Å². The molecular weight excluding hydrogens is 608 g/mol. The number of hydrogen-bond donors (Lipinski definition) is 0. The van der Waals surface area contributed by atoms with Gasteiger partial charge in [0.2, 0.25) is 0 Å². The minimum Gasteiger partial charge on any atom is -0.491 e. The lowest BCUT2D eigenvalue weighted by Gasteiger charge is -2.36. The molecule has 49 heavy (non-hydrogen) atoms. The molecule has 0 atom stereocenters. The van der Waals surface area contributed by atoms with Crippen molar-refractivity contribution in [3.8, 4) is 17.2 Å². The van der Waals surface area contributed by atoms with Gasteiger partial charge in [0.25, 0.3) is 0 Å². The van der Waals surface area contributed by atoms with Gasteiger partial charge in [-0.05, 0) is 52.1 Å². The highest BCUT2D eigenvalue weighted by Crippen LogP contribution is 2.45. The third-order valence-electron chi connectivity index (χ3n) is 8.33. The topological polar surface area (TPSA) is 46.2 Å². The lowest BCUT2D eigenvalue weighted by molar-refractivity contribution is 0.0273. The van der Waals surface area contributed by atoms with Gasteiger partial charge in [-0.15, -0.1) is 0 Å². The summed E-state index contributed by atoms with van der Waals surface area (Å²) in [5.41, 5.74) is 5.45. The Morgan fingerprint density at radius 1 is 0.327 bits per heavy atom. The number of ether oxygens (including phenoxy) is 5. The fraction of sp³-hybridized carbons (Fsp3) is 0.182. The molecule has 0 saturated carbocycles. The van der Waals surface area contributed by atoms with Crippen LogP contribution in [0.1, 0.15) is 27.8 Å². The molecule has 0 aliphatic carbocycles. The van der Waals surface area contributed by atoms with Crippen LogP contribution in [0.4, 0.5) is 0 Å². The number of benzene rings is 6. The molecule has 6 aromatic carbocycles. The molecule has 248 valence electrons. The van der Waals surface area contributed by atoms with Crippen molar-refractivity contribution in [1.82, 2.24) is 0 Å². The Morgan fingerprint density at radius 3 is 1.24 bits per heavy atom. The van der Waals surface area contributed by atoms with E-state index in [1.165, 1.54) is 22.3 Å². The molecular formula is C44H42O5. The summed E-state index contributed by atoms with van der Waals surface area (Å²) in [6.45, 7) is 3.33. The second kappa shape index (κ2) is 17.7. The lowest BCUT2D eigenvalue weighted by Crippen LogP contribution is -2.30. The zero-order valence-electron chi connectivity index (χ0n) is 27.7. The second-order valence-electron chi connectivity index (χ2n) is 11.5. The van der Waals surface area contributed by atoms with Gasteiger partial charge >= 0.3 is 0 Å². The molecule has 0 fully saturated rings. The Balaban J connectivity index is 0.940. The van der Waals surface area contributed by atoms with Gasteiger partial charge in [-0.1, -0.05) is 140 Å². The maximum absolute atomic E-state index is 6.04. The number of hydrogen-bond acceptors (Lipinski definition) is 5. The van der Waals surface area contributed by atoms with Crippen LogP contribution in [0.2, 0.25) is 0 Å². The number of rotatable bonds is 18. The summed E-state index contributed by atoms with van der Waals surface area (Å²) < 4.78 is 29.2. The van der Waals surface area contributed by atoms with Crippen LogP contribution in [0.5, 0.6) is 17.2 Å². The Morgan fingerprint density at radius 2 is 0.735 bits per heavy atom. The Kier molecular flexibility index (Phi) is 12.1. The summed E-state index contributed by atoms with van der Waals surface area (Å²) in [4.78, 5) is 0. The molecule has 0 unspecified atom stereocenters. The van der Waals surface area contributed by atoms with Crippen molar-refractivity contribution in [2.45, 2.75) is 12.0 Å². The van der Waals surface area contributed by atoms with E-state index in [0.29, 0.717) is 46.2 Å². The zero-order chi connectivity index (χ0) is 33.4. The molecule has 0 heterocycles. The predicted octanol–water partition coefficient (Wildman–Crippen LogP) is 9.14. The van der Waals surface area contributed by atoms with Crippen molar-refractivity contribution in [3.05, 3.63) is 198 Å². The predicted molar refractivity (Wildman–Crippen MR) is 195 cm³/mol. The van der Waals surface area contributed by atoms with Crippen molar-refractivity contribution in [1.29, 1.82) is 0 Å². The SMILES string of the molecule is c1ccc(COc2cccc(OCCOCCOCCOc3ccc(C(c4ccccc4)(c4ccccc4)c4ccccc4)cc3)c2)cc1.